The number of rotatable bonds is 2. The van der Waals surface area contributed by atoms with Gasteiger partial charge in [0.1, 0.15) is 11.6 Å². The molecule has 0 atom stereocenters. The van der Waals surface area contributed by atoms with Crippen molar-refractivity contribution >= 4 is 0 Å². The van der Waals surface area contributed by atoms with E-state index in [4.69, 9.17) is 4.74 Å². The fourth-order valence-corrected chi connectivity index (χ4v) is 2.98. The summed E-state index contributed by atoms with van der Waals surface area (Å²) in [5.41, 5.74) is 0.528. The molecule has 6 heteroatoms. The highest BCUT2D eigenvalue weighted by Gasteiger charge is 2.28. The number of hydrogen-bond donors (Lipinski definition) is 0. The summed E-state index contributed by atoms with van der Waals surface area (Å²) in [6, 6.07) is 3.48. The van der Waals surface area contributed by atoms with Crippen LogP contribution in [0.3, 0.4) is 0 Å². The first-order valence-electron chi connectivity index (χ1n) is 7.14. The van der Waals surface area contributed by atoms with Gasteiger partial charge in [-0.3, -0.25) is 0 Å². The van der Waals surface area contributed by atoms with Gasteiger partial charge in [0.05, 0.1) is 11.3 Å². The molecule has 3 nitrogen and oxygen atoms in total. The van der Waals surface area contributed by atoms with Gasteiger partial charge >= 0.3 is 0 Å². The van der Waals surface area contributed by atoms with E-state index in [-0.39, 0.29) is 17.0 Å². The van der Waals surface area contributed by atoms with Gasteiger partial charge in [0.2, 0.25) is 5.95 Å². The molecular weight excluding hydrogens is 293 g/mol. The topological polar surface area (TPSA) is 35.0 Å². The lowest BCUT2D eigenvalue weighted by Crippen LogP contribution is -2.18. The van der Waals surface area contributed by atoms with Gasteiger partial charge in [-0.1, -0.05) is 6.07 Å². The smallest absolute Gasteiger partial charge is 0.241 e. The number of aryl methyl sites for hydroxylation is 1. The van der Waals surface area contributed by atoms with Gasteiger partial charge in [-0.2, -0.15) is 9.49 Å². The molecule has 0 amide bonds. The molecule has 1 saturated heterocycles. The quantitative estimate of drug-likeness (QED) is 0.847. The second-order valence-corrected chi connectivity index (χ2v) is 5.35. The van der Waals surface area contributed by atoms with E-state index < -0.39 is 17.6 Å². The van der Waals surface area contributed by atoms with Crippen LogP contribution in [-0.4, -0.2) is 23.4 Å². The molecule has 0 unspecified atom stereocenters. The zero-order chi connectivity index (χ0) is 15.7. The van der Waals surface area contributed by atoms with Crippen molar-refractivity contribution in [3.05, 3.63) is 47.0 Å². The van der Waals surface area contributed by atoms with Crippen LogP contribution in [0.5, 0.6) is 0 Å². The predicted octanol–water partition coefficient (Wildman–Crippen LogP) is 3.76. The molecule has 0 radical (unpaired) electrons. The highest BCUT2D eigenvalue weighted by atomic mass is 19.1. The Bertz CT molecular complexity index is 680. The predicted molar refractivity (Wildman–Crippen MR) is 74.9 cm³/mol. The molecule has 1 aromatic heterocycles. The van der Waals surface area contributed by atoms with Gasteiger partial charge in [-0.25, -0.2) is 8.78 Å². The van der Waals surface area contributed by atoms with E-state index in [0.29, 0.717) is 37.3 Å². The summed E-state index contributed by atoms with van der Waals surface area (Å²) in [5.74, 6) is -2.61. The summed E-state index contributed by atoms with van der Waals surface area (Å²) in [4.78, 5) is 0. The lowest BCUT2D eigenvalue weighted by Gasteiger charge is -2.25. The number of nitrogens with zero attached hydrogens (tertiary/aromatic N) is 2. The van der Waals surface area contributed by atoms with Crippen LogP contribution in [0.1, 0.15) is 30.0 Å². The van der Waals surface area contributed by atoms with E-state index in [1.165, 1.54) is 6.07 Å². The van der Waals surface area contributed by atoms with Crippen molar-refractivity contribution in [2.75, 3.05) is 13.2 Å². The number of benzene rings is 1. The lowest BCUT2D eigenvalue weighted by atomic mass is 9.85. The minimum Gasteiger partial charge on any atom is -0.381 e. The molecule has 1 aliphatic rings. The molecule has 1 fully saturated rings. The Morgan fingerprint density at radius 3 is 2.27 bits per heavy atom. The highest BCUT2D eigenvalue weighted by molar-refractivity contribution is 5.69. The maximum Gasteiger partial charge on any atom is 0.241 e. The van der Waals surface area contributed by atoms with Gasteiger partial charge < -0.3 is 4.74 Å². The van der Waals surface area contributed by atoms with Crippen molar-refractivity contribution in [2.45, 2.75) is 25.7 Å². The van der Waals surface area contributed by atoms with Crippen LogP contribution in [0, 0.1) is 24.5 Å². The number of aromatic nitrogens is 2. The summed E-state index contributed by atoms with van der Waals surface area (Å²) in [6.07, 6.45) is 1.32. The molecule has 2 aromatic rings. The Kier molecular flexibility index (Phi) is 4.11. The fraction of sp³-hybridized carbons (Fsp3) is 0.375. The van der Waals surface area contributed by atoms with Crippen molar-refractivity contribution in [1.29, 1.82) is 0 Å². The Hall–Kier alpha value is -1.95. The molecule has 0 spiro atoms. The first-order chi connectivity index (χ1) is 10.6. The van der Waals surface area contributed by atoms with E-state index in [0.717, 1.165) is 12.1 Å². The second-order valence-electron chi connectivity index (χ2n) is 5.35. The van der Waals surface area contributed by atoms with Crippen LogP contribution < -0.4 is 0 Å². The largest absolute Gasteiger partial charge is 0.381 e. The van der Waals surface area contributed by atoms with Crippen LogP contribution in [0.25, 0.3) is 11.1 Å². The molecule has 22 heavy (non-hydrogen) atoms. The van der Waals surface area contributed by atoms with E-state index in [1.54, 1.807) is 6.92 Å². The van der Waals surface area contributed by atoms with Gasteiger partial charge in [0.15, 0.2) is 0 Å². The highest BCUT2D eigenvalue weighted by Crippen LogP contribution is 2.39. The molecule has 116 valence electrons. The van der Waals surface area contributed by atoms with Crippen LogP contribution >= 0.6 is 0 Å². The van der Waals surface area contributed by atoms with Crippen LogP contribution in [0.4, 0.5) is 13.2 Å². The standard InChI is InChI=1S/C16H15F3N2O/c1-9-13(10-5-7-22-8-6-10)15(16(19)21-20-9)14-11(17)3-2-4-12(14)18/h2-4,10H,5-8H2,1H3. The monoisotopic (exact) mass is 308 g/mol. The first-order valence-corrected chi connectivity index (χ1v) is 7.14. The molecule has 0 bridgehead atoms. The van der Waals surface area contributed by atoms with Gasteiger partial charge in [0.25, 0.3) is 0 Å². The summed E-state index contributed by atoms with van der Waals surface area (Å²) < 4.78 is 47.8. The zero-order valence-corrected chi connectivity index (χ0v) is 12.1. The summed E-state index contributed by atoms with van der Waals surface area (Å²) in [7, 11) is 0. The third-order valence-electron chi connectivity index (χ3n) is 4.00. The molecule has 0 N–H and O–H groups in total. The maximum atomic E-state index is 14.3. The first kappa shape index (κ1) is 15.0. The van der Waals surface area contributed by atoms with E-state index in [2.05, 4.69) is 10.2 Å². The summed E-state index contributed by atoms with van der Waals surface area (Å²) >= 11 is 0. The third-order valence-corrected chi connectivity index (χ3v) is 4.00. The SMILES string of the molecule is Cc1nnc(F)c(-c2c(F)cccc2F)c1C1CCOCC1. The maximum absolute atomic E-state index is 14.3. The molecule has 2 heterocycles. The number of halogens is 3. The molecule has 0 aliphatic carbocycles. The molecule has 1 aliphatic heterocycles. The fourth-order valence-electron chi connectivity index (χ4n) is 2.98. The van der Waals surface area contributed by atoms with Crippen molar-refractivity contribution in [2.24, 2.45) is 0 Å². The Morgan fingerprint density at radius 1 is 1.00 bits per heavy atom. The molecule has 3 rings (SSSR count). The van der Waals surface area contributed by atoms with Crippen LogP contribution in [-0.2, 0) is 4.74 Å². The normalized spacial score (nSPS) is 16.0. The van der Waals surface area contributed by atoms with Crippen molar-refractivity contribution in [1.82, 2.24) is 10.2 Å². The number of ether oxygens (including phenoxy) is 1. The van der Waals surface area contributed by atoms with E-state index in [1.807, 2.05) is 0 Å². The summed E-state index contributed by atoms with van der Waals surface area (Å²) in [6.45, 7) is 2.75. The Morgan fingerprint density at radius 2 is 1.64 bits per heavy atom. The average molecular weight is 308 g/mol. The Labute approximate surface area is 126 Å². The molecule has 1 aromatic carbocycles. The minimum absolute atomic E-state index is 0.0484. The lowest BCUT2D eigenvalue weighted by molar-refractivity contribution is 0.0851. The van der Waals surface area contributed by atoms with Gasteiger partial charge in [0, 0.05) is 18.8 Å². The Balaban J connectivity index is 2.24. The third kappa shape index (κ3) is 2.59. The van der Waals surface area contributed by atoms with E-state index in [9.17, 15) is 13.2 Å². The van der Waals surface area contributed by atoms with Crippen LogP contribution in [0.2, 0.25) is 0 Å². The number of hydrogen-bond acceptors (Lipinski definition) is 3. The van der Waals surface area contributed by atoms with Gasteiger partial charge in [-0.05, 0) is 43.4 Å². The summed E-state index contributed by atoms with van der Waals surface area (Å²) in [5, 5.41) is 7.20. The average Bonchev–Trinajstić information content (AvgIpc) is 2.51. The van der Waals surface area contributed by atoms with Crippen molar-refractivity contribution in [3.63, 3.8) is 0 Å². The second kappa shape index (κ2) is 6.04. The zero-order valence-electron chi connectivity index (χ0n) is 12.1. The van der Waals surface area contributed by atoms with Gasteiger partial charge in [-0.15, -0.1) is 5.10 Å². The molecule has 0 saturated carbocycles. The van der Waals surface area contributed by atoms with Crippen molar-refractivity contribution in [3.8, 4) is 11.1 Å². The minimum atomic E-state index is -0.948. The molecular formula is C16H15F3N2O. The van der Waals surface area contributed by atoms with Crippen molar-refractivity contribution < 1.29 is 17.9 Å². The van der Waals surface area contributed by atoms with Crippen LogP contribution in [0.15, 0.2) is 18.2 Å². The van der Waals surface area contributed by atoms with E-state index >= 15 is 0 Å².